The third kappa shape index (κ3) is 5.47. The topological polar surface area (TPSA) is 46.9 Å². The molecule has 3 rings (SSSR count). The molecule has 2 aromatic carbocycles. The first-order chi connectivity index (χ1) is 12.9. The Balaban J connectivity index is 1.81. The summed E-state index contributed by atoms with van der Waals surface area (Å²) in [6.45, 7) is 6.80. The number of rotatable bonds is 6. The number of nitrogens with one attached hydrogen (secondary N) is 1. The monoisotopic (exact) mass is 379 g/mol. The lowest BCUT2D eigenvalue weighted by Gasteiger charge is -2.16. The van der Waals surface area contributed by atoms with Gasteiger partial charge in [0.1, 0.15) is 0 Å². The van der Waals surface area contributed by atoms with Gasteiger partial charge in [0, 0.05) is 28.6 Å². The molecule has 0 saturated carbocycles. The van der Waals surface area contributed by atoms with Crippen LogP contribution in [0.3, 0.4) is 0 Å². The van der Waals surface area contributed by atoms with Crippen molar-refractivity contribution in [3.63, 3.8) is 0 Å². The standard InChI is InChI=1S/C22H25N3OS/c1-22(2,3)27-16-20(26)23-14-18-15-25(19-12-8-5-9-13-19)24-21(18)17-10-6-4-7-11-17/h4-13,15H,14,16H2,1-3H3,(H,23,26). The highest BCUT2D eigenvalue weighted by molar-refractivity contribution is 8.01. The molecule has 0 atom stereocenters. The van der Waals surface area contributed by atoms with E-state index in [1.165, 1.54) is 0 Å². The lowest BCUT2D eigenvalue weighted by molar-refractivity contribution is -0.118. The molecule has 0 spiro atoms. The summed E-state index contributed by atoms with van der Waals surface area (Å²) in [6, 6.07) is 20.1. The van der Waals surface area contributed by atoms with Crippen molar-refractivity contribution in [1.82, 2.24) is 15.1 Å². The van der Waals surface area contributed by atoms with Gasteiger partial charge in [0.15, 0.2) is 0 Å². The summed E-state index contributed by atoms with van der Waals surface area (Å²) in [6.07, 6.45) is 1.99. The highest BCUT2D eigenvalue weighted by Gasteiger charge is 2.15. The van der Waals surface area contributed by atoms with E-state index in [0.717, 1.165) is 22.5 Å². The fourth-order valence-corrected chi connectivity index (χ4v) is 3.28. The Kier molecular flexibility index (Phi) is 6.01. The fraction of sp³-hybridized carbons (Fsp3) is 0.273. The number of para-hydroxylation sites is 1. The zero-order valence-electron chi connectivity index (χ0n) is 16.0. The van der Waals surface area contributed by atoms with Crippen molar-refractivity contribution in [2.24, 2.45) is 0 Å². The van der Waals surface area contributed by atoms with E-state index in [1.54, 1.807) is 11.8 Å². The predicted molar refractivity (Wildman–Crippen MR) is 113 cm³/mol. The Hall–Kier alpha value is -2.53. The molecule has 3 aromatic rings. The smallest absolute Gasteiger partial charge is 0.230 e. The summed E-state index contributed by atoms with van der Waals surface area (Å²) in [5.74, 6) is 0.498. The van der Waals surface area contributed by atoms with Crippen LogP contribution in [0.1, 0.15) is 26.3 Å². The van der Waals surface area contributed by atoms with Crippen molar-refractivity contribution < 1.29 is 4.79 Å². The van der Waals surface area contributed by atoms with Crippen molar-refractivity contribution in [3.05, 3.63) is 72.4 Å². The van der Waals surface area contributed by atoms with Gasteiger partial charge in [-0.1, -0.05) is 69.3 Å². The van der Waals surface area contributed by atoms with E-state index < -0.39 is 0 Å². The number of hydrogen-bond acceptors (Lipinski definition) is 3. The maximum atomic E-state index is 12.2. The molecule has 1 amide bonds. The second-order valence-electron chi connectivity index (χ2n) is 7.33. The van der Waals surface area contributed by atoms with Gasteiger partial charge in [-0.15, -0.1) is 11.8 Å². The minimum absolute atomic E-state index is 0.0430. The summed E-state index contributed by atoms with van der Waals surface area (Å²) in [5, 5.41) is 7.81. The first kappa shape index (κ1) is 19.2. The molecule has 140 valence electrons. The minimum Gasteiger partial charge on any atom is -0.351 e. The van der Waals surface area contributed by atoms with E-state index in [2.05, 4.69) is 26.1 Å². The highest BCUT2D eigenvalue weighted by Crippen LogP contribution is 2.24. The molecule has 0 radical (unpaired) electrons. The Morgan fingerprint density at radius 3 is 2.30 bits per heavy atom. The molecule has 0 aliphatic rings. The SMILES string of the molecule is CC(C)(C)SCC(=O)NCc1cn(-c2ccccc2)nc1-c1ccccc1. The molecule has 0 unspecified atom stereocenters. The summed E-state index contributed by atoms with van der Waals surface area (Å²) in [5.41, 5.74) is 3.93. The zero-order valence-corrected chi connectivity index (χ0v) is 16.8. The number of hydrogen-bond donors (Lipinski definition) is 1. The third-order valence-corrected chi connectivity index (χ3v) is 5.24. The number of amides is 1. The molecule has 0 aliphatic carbocycles. The number of carbonyl (C=O) groups is 1. The molecule has 0 saturated heterocycles. The van der Waals surface area contributed by atoms with Crippen LogP contribution in [0.25, 0.3) is 16.9 Å². The van der Waals surface area contributed by atoms with Crippen molar-refractivity contribution in [1.29, 1.82) is 0 Å². The van der Waals surface area contributed by atoms with E-state index in [4.69, 9.17) is 5.10 Å². The number of thioether (sulfide) groups is 1. The zero-order chi connectivity index (χ0) is 19.3. The first-order valence-electron chi connectivity index (χ1n) is 9.02. The van der Waals surface area contributed by atoms with E-state index in [1.807, 2.05) is 71.5 Å². The molecular formula is C22H25N3OS. The largest absolute Gasteiger partial charge is 0.351 e. The molecule has 5 heteroatoms. The van der Waals surface area contributed by atoms with Crippen LogP contribution in [0, 0.1) is 0 Å². The number of carbonyl (C=O) groups excluding carboxylic acids is 1. The second-order valence-corrected chi connectivity index (χ2v) is 9.13. The van der Waals surface area contributed by atoms with Crippen molar-refractivity contribution in [2.75, 3.05) is 5.75 Å². The van der Waals surface area contributed by atoms with Gasteiger partial charge in [0.05, 0.1) is 17.1 Å². The number of benzene rings is 2. The van der Waals surface area contributed by atoms with Crippen LogP contribution in [0.15, 0.2) is 66.9 Å². The molecule has 4 nitrogen and oxygen atoms in total. The van der Waals surface area contributed by atoms with Crippen LogP contribution in [-0.4, -0.2) is 26.2 Å². The summed E-state index contributed by atoms with van der Waals surface area (Å²) < 4.78 is 1.94. The maximum absolute atomic E-state index is 12.2. The summed E-state index contributed by atoms with van der Waals surface area (Å²) in [7, 11) is 0. The number of nitrogens with zero attached hydrogens (tertiary/aromatic N) is 2. The molecule has 0 fully saturated rings. The van der Waals surface area contributed by atoms with Crippen molar-refractivity contribution in [2.45, 2.75) is 32.1 Å². The fourth-order valence-electron chi connectivity index (χ4n) is 2.62. The normalized spacial score (nSPS) is 11.4. The Morgan fingerprint density at radius 2 is 1.67 bits per heavy atom. The van der Waals surface area contributed by atoms with Crippen LogP contribution >= 0.6 is 11.8 Å². The van der Waals surface area contributed by atoms with Gasteiger partial charge in [-0.25, -0.2) is 4.68 Å². The molecule has 1 N–H and O–H groups in total. The van der Waals surface area contributed by atoms with Crippen LogP contribution in [0.2, 0.25) is 0 Å². The van der Waals surface area contributed by atoms with E-state index in [9.17, 15) is 4.79 Å². The maximum Gasteiger partial charge on any atom is 0.230 e. The van der Waals surface area contributed by atoms with Gasteiger partial charge >= 0.3 is 0 Å². The Bertz CT molecular complexity index is 883. The second kappa shape index (κ2) is 8.44. The highest BCUT2D eigenvalue weighted by atomic mass is 32.2. The molecule has 1 aromatic heterocycles. The van der Waals surface area contributed by atoms with Gasteiger partial charge in [0.25, 0.3) is 0 Å². The van der Waals surface area contributed by atoms with Gasteiger partial charge in [0.2, 0.25) is 5.91 Å². The van der Waals surface area contributed by atoms with Crippen molar-refractivity contribution in [3.8, 4) is 16.9 Å². The average molecular weight is 380 g/mol. The molecular weight excluding hydrogens is 354 g/mol. The Morgan fingerprint density at radius 1 is 1.04 bits per heavy atom. The molecule has 0 bridgehead atoms. The van der Waals surface area contributed by atoms with Crippen molar-refractivity contribution >= 4 is 17.7 Å². The lowest BCUT2D eigenvalue weighted by atomic mass is 10.1. The molecule has 0 aliphatic heterocycles. The number of aromatic nitrogens is 2. The predicted octanol–water partition coefficient (Wildman–Crippen LogP) is 4.69. The van der Waals surface area contributed by atoms with E-state index in [0.29, 0.717) is 12.3 Å². The van der Waals surface area contributed by atoms with Crippen LogP contribution in [-0.2, 0) is 11.3 Å². The summed E-state index contributed by atoms with van der Waals surface area (Å²) >= 11 is 1.65. The van der Waals surface area contributed by atoms with Crippen LogP contribution < -0.4 is 5.32 Å². The van der Waals surface area contributed by atoms with Gasteiger partial charge in [-0.05, 0) is 12.1 Å². The summed E-state index contributed by atoms with van der Waals surface area (Å²) in [4.78, 5) is 12.2. The third-order valence-electron chi connectivity index (χ3n) is 3.97. The quantitative estimate of drug-likeness (QED) is 0.676. The minimum atomic E-state index is 0.0430. The first-order valence-corrected chi connectivity index (χ1v) is 10.0. The van der Waals surface area contributed by atoms with E-state index in [-0.39, 0.29) is 10.7 Å². The van der Waals surface area contributed by atoms with Crippen LogP contribution in [0.5, 0.6) is 0 Å². The average Bonchev–Trinajstić information content (AvgIpc) is 3.10. The van der Waals surface area contributed by atoms with Gasteiger partial charge < -0.3 is 5.32 Å². The molecule has 27 heavy (non-hydrogen) atoms. The van der Waals surface area contributed by atoms with Crippen LogP contribution in [0.4, 0.5) is 0 Å². The lowest BCUT2D eigenvalue weighted by Crippen LogP contribution is -2.26. The van der Waals surface area contributed by atoms with Gasteiger partial charge in [-0.2, -0.15) is 5.10 Å². The molecule has 1 heterocycles. The van der Waals surface area contributed by atoms with Gasteiger partial charge in [-0.3, -0.25) is 4.79 Å². The van der Waals surface area contributed by atoms with E-state index >= 15 is 0 Å². The Labute approximate surface area is 165 Å².